The molecule has 0 aliphatic rings. The molecule has 3 N–H and O–H groups in total. The molecule has 1 aromatic carbocycles. The molecule has 0 fully saturated rings. The summed E-state index contributed by atoms with van der Waals surface area (Å²) in [7, 11) is 0. The molecule has 0 saturated heterocycles. The Balaban J connectivity index is 2.16. The Morgan fingerprint density at radius 1 is 1.10 bits per heavy atom. The van der Waals surface area contributed by atoms with Crippen LogP contribution in [0, 0.1) is 6.92 Å². The highest BCUT2D eigenvalue weighted by atomic mass is 16.4. The number of rotatable bonds is 3. The Morgan fingerprint density at radius 2 is 1.67 bits per heavy atom. The third kappa shape index (κ3) is 2.55. The first-order valence-electron chi connectivity index (χ1n) is 6.69. The first kappa shape index (κ1) is 13.5. The first-order chi connectivity index (χ1) is 10.0. The molecule has 3 aromatic rings. The Morgan fingerprint density at radius 3 is 2.33 bits per heavy atom. The van der Waals surface area contributed by atoms with Crippen molar-refractivity contribution in [3.05, 3.63) is 47.8 Å². The average Bonchev–Trinajstić information content (AvgIpc) is 2.47. The minimum Gasteiger partial charge on any atom is -0.480 e. The summed E-state index contributed by atoms with van der Waals surface area (Å²) in [6.45, 7) is 1.93. The third-order valence-electron chi connectivity index (χ3n) is 3.46. The van der Waals surface area contributed by atoms with E-state index in [0.717, 1.165) is 27.5 Å². The molecule has 0 aliphatic carbocycles. The lowest BCUT2D eigenvalue weighted by atomic mass is 10.1. The third-order valence-corrected chi connectivity index (χ3v) is 3.46. The second kappa shape index (κ2) is 5.10. The molecule has 2 heterocycles. The lowest BCUT2D eigenvalue weighted by molar-refractivity contribution is -0.138. The van der Waals surface area contributed by atoms with E-state index in [0.29, 0.717) is 5.69 Å². The van der Waals surface area contributed by atoms with E-state index in [1.54, 1.807) is 0 Å². The van der Waals surface area contributed by atoms with Crippen LogP contribution in [0.5, 0.6) is 0 Å². The molecule has 1 atom stereocenters. The largest absolute Gasteiger partial charge is 0.480 e. The van der Waals surface area contributed by atoms with Gasteiger partial charge in [0.2, 0.25) is 0 Å². The van der Waals surface area contributed by atoms with Crippen LogP contribution in [0.25, 0.3) is 21.8 Å². The topological polar surface area (TPSA) is 89.1 Å². The van der Waals surface area contributed by atoms with Crippen LogP contribution in [-0.4, -0.2) is 27.1 Å². The number of nitrogens with zero attached hydrogens (tertiary/aromatic N) is 2. The molecule has 5 heteroatoms. The molecular weight excluding hydrogens is 266 g/mol. The smallest absolute Gasteiger partial charge is 0.320 e. The molecule has 0 aliphatic heterocycles. The number of pyridine rings is 2. The van der Waals surface area contributed by atoms with Crippen LogP contribution in [0.2, 0.25) is 0 Å². The van der Waals surface area contributed by atoms with Crippen LogP contribution in [0.15, 0.2) is 36.4 Å². The van der Waals surface area contributed by atoms with Crippen LogP contribution in [0.3, 0.4) is 0 Å². The second-order valence-corrected chi connectivity index (χ2v) is 5.11. The van der Waals surface area contributed by atoms with Crippen molar-refractivity contribution in [3.8, 4) is 0 Å². The molecule has 0 amide bonds. The minimum absolute atomic E-state index is 0.202. The quantitative estimate of drug-likeness (QED) is 0.717. The normalized spacial score (nSPS) is 12.7. The molecule has 3 rings (SSSR count). The van der Waals surface area contributed by atoms with Gasteiger partial charge < -0.3 is 10.8 Å². The van der Waals surface area contributed by atoms with Crippen LogP contribution in [0.1, 0.15) is 11.4 Å². The number of nitrogens with two attached hydrogens (primary N) is 1. The number of aromatic nitrogens is 2. The van der Waals surface area contributed by atoms with Gasteiger partial charge in [-0.3, -0.25) is 14.8 Å². The predicted octanol–water partition coefficient (Wildman–Crippen LogP) is 2.05. The van der Waals surface area contributed by atoms with Gasteiger partial charge in [0.25, 0.3) is 0 Å². The van der Waals surface area contributed by atoms with Crippen LogP contribution < -0.4 is 5.73 Å². The van der Waals surface area contributed by atoms with Gasteiger partial charge in [0.15, 0.2) is 0 Å². The molecule has 0 bridgehead atoms. The molecule has 2 aromatic heterocycles. The van der Waals surface area contributed by atoms with Gasteiger partial charge in [-0.1, -0.05) is 24.3 Å². The summed E-state index contributed by atoms with van der Waals surface area (Å²) in [5.41, 5.74) is 8.77. The maximum absolute atomic E-state index is 10.9. The van der Waals surface area contributed by atoms with Crippen molar-refractivity contribution in [2.45, 2.75) is 19.4 Å². The Bertz CT molecular complexity index is 845. The fraction of sp³-hybridized carbons (Fsp3) is 0.188. The molecule has 5 nitrogen and oxygen atoms in total. The zero-order chi connectivity index (χ0) is 15.0. The summed E-state index contributed by atoms with van der Waals surface area (Å²) in [5.74, 6) is -1.02. The minimum atomic E-state index is -1.02. The van der Waals surface area contributed by atoms with Crippen molar-refractivity contribution in [2.75, 3.05) is 0 Å². The van der Waals surface area contributed by atoms with E-state index in [4.69, 9.17) is 10.8 Å². The van der Waals surface area contributed by atoms with Gasteiger partial charge in [-0.05, 0) is 19.1 Å². The van der Waals surface area contributed by atoms with Crippen LogP contribution >= 0.6 is 0 Å². The van der Waals surface area contributed by atoms with Gasteiger partial charge in [-0.15, -0.1) is 0 Å². The van der Waals surface area contributed by atoms with Gasteiger partial charge in [0, 0.05) is 28.6 Å². The zero-order valence-corrected chi connectivity index (χ0v) is 11.6. The highest BCUT2D eigenvalue weighted by Crippen LogP contribution is 2.23. The number of carboxylic acids is 1. The summed E-state index contributed by atoms with van der Waals surface area (Å²) in [5, 5.41) is 10.9. The SMILES string of the molecule is Cc1ccc2ccc3ccc(CC(N)C(=O)O)nc3c2n1. The standard InChI is InChI=1S/C16H15N3O2/c1-9-2-3-10-4-5-11-6-7-12(8-13(17)16(20)21)19-15(11)14(10)18-9/h2-7,13H,8,17H2,1H3,(H,20,21). The fourth-order valence-electron chi connectivity index (χ4n) is 2.33. The monoisotopic (exact) mass is 281 g/mol. The Hall–Kier alpha value is -2.53. The molecular formula is C16H15N3O2. The van der Waals surface area contributed by atoms with Crippen molar-refractivity contribution in [1.82, 2.24) is 9.97 Å². The molecule has 106 valence electrons. The van der Waals surface area contributed by atoms with Gasteiger partial charge >= 0.3 is 5.97 Å². The van der Waals surface area contributed by atoms with E-state index in [-0.39, 0.29) is 6.42 Å². The van der Waals surface area contributed by atoms with E-state index in [9.17, 15) is 4.79 Å². The number of carbonyl (C=O) groups is 1. The maximum atomic E-state index is 10.9. The number of carboxylic acid groups (broad SMARTS) is 1. The van der Waals surface area contributed by atoms with Gasteiger partial charge in [0.1, 0.15) is 6.04 Å². The highest BCUT2D eigenvalue weighted by Gasteiger charge is 2.14. The van der Waals surface area contributed by atoms with Gasteiger partial charge in [-0.2, -0.15) is 0 Å². The average molecular weight is 281 g/mol. The summed E-state index contributed by atoms with van der Waals surface area (Å²) in [6, 6.07) is 10.8. The Kier molecular flexibility index (Phi) is 3.27. The van der Waals surface area contributed by atoms with Crippen molar-refractivity contribution >= 4 is 27.8 Å². The number of fused-ring (bicyclic) bond motifs is 3. The van der Waals surface area contributed by atoms with Crippen molar-refractivity contribution in [1.29, 1.82) is 0 Å². The van der Waals surface area contributed by atoms with Crippen LogP contribution in [-0.2, 0) is 11.2 Å². The summed E-state index contributed by atoms with van der Waals surface area (Å²) >= 11 is 0. The first-order valence-corrected chi connectivity index (χ1v) is 6.69. The van der Waals surface area contributed by atoms with Crippen molar-refractivity contribution in [2.24, 2.45) is 5.73 Å². The molecule has 1 unspecified atom stereocenters. The lowest BCUT2D eigenvalue weighted by Crippen LogP contribution is -2.32. The second-order valence-electron chi connectivity index (χ2n) is 5.11. The Labute approximate surface area is 121 Å². The van der Waals surface area contributed by atoms with E-state index >= 15 is 0 Å². The summed E-state index contributed by atoms with van der Waals surface area (Å²) in [4.78, 5) is 20.0. The summed E-state index contributed by atoms with van der Waals surface area (Å²) in [6.07, 6.45) is 0.202. The number of hydrogen-bond acceptors (Lipinski definition) is 4. The molecule has 21 heavy (non-hydrogen) atoms. The van der Waals surface area contributed by atoms with E-state index in [2.05, 4.69) is 9.97 Å². The number of benzene rings is 1. The molecule has 0 saturated carbocycles. The van der Waals surface area contributed by atoms with E-state index in [1.165, 1.54) is 0 Å². The van der Waals surface area contributed by atoms with E-state index in [1.807, 2.05) is 43.3 Å². The molecule has 0 radical (unpaired) electrons. The van der Waals surface area contributed by atoms with Gasteiger partial charge in [-0.25, -0.2) is 0 Å². The van der Waals surface area contributed by atoms with Crippen LogP contribution in [0.4, 0.5) is 0 Å². The van der Waals surface area contributed by atoms with Gasteiger partial charge in [0.05, 0.1) is 11.0 Å². The lowest BCUT2D eigenvalue weighted by Gasteiger charge is -2.08. The predicted molar refractivity (Wildman–Crippen MR) is 81.1 cm³/mol. The van der Waals surface area contributed by atoms with Crippen molar-refractivity contribution in [3.63, 3.8) is 0 Å². The number of aliphatic carboxylic acids is 1. The number of aryl methyl sites for hydroxylation is 1. The van der Waals surface area contributed by atoms with Crippen molar-refractivity contribution < 1.29 is 9.90 Å². The molecule has 0 spiro atoms. The highest BCUT2D eigenvalue weighted by molar-refractivity contribution is 6.02. The fourth-order valence-corrected chi connectivity index (χ4v) is 2.33. The summed E-state index contributed by atoms with van der Waals surface area (Å²) < 4.78 is 0. The zero-order valence-electron chi connectivity index (χ0n) is 11.6. The number of hydrogen-bond donors (Lipinski definition) is 2. The maximum Gasteiger partial charge on any atom is 0.320 e. The van der Waals surface area contributed by atoms with E-state index < -0.39 is 12.0 Å².